The second-order valence-corrected chi connectivity index (χ2v) is 4.28. The molecule has 2 heteroatoms. The van der Waals surface area contributed by atoms with Crippen LogP contribution in [0, 0.1) is 5.41 Å². The maximum absolute atomic E-state index is 11.7. The third-order valence-corrected chi connectivity index (χ3v) is 1.96. The van der Waals surface area contributed by atoms with Crippen LogP contribution in [0.1, 0.15) is 33.6 Å². The van der Waals surface area contributed by atoms with E-state index in [4.69, 9.17) is 0 Å². The van der Waals surface area contributed by atoms with Gasteiger partial charge in [0.15, 0.2) is 0 Å². The summed E-state index contributed by atoms with van der Waals surface area (Å²) in [6.45, 7) is 6.75. The standard InChI is InChI=1S/C10H17NO/c1-10(2,3)9(12)11-7-5-4-6-8-11/h5,7H,4,6,8H2,1-3H3. The fourth-order valence-corrected chi connectivity index (χ4v) is 1.26. The highest BCUT2D eigenvalue weighted by atomic mass is 16.2. The van der Waals surface area contributed by atoms with E-state index in [2.05, 4.69) is 6.08 Å². The fourth-order valence-electron chi connectivity index (χ4n) is 1.26. The predicted octanol–water partition coefficient (Wildman–Crippen LogP) is 2.17. The van der Waals surface area contributed by atoms with Crippen molar-refractivity contribution in [3.63, 3.8) is 0 Å². The summed E-state index contributed by atoms with van der Waals surface area (Å²) in [5.41, 5.74) is -0.248. The van der Waals surface area contributed by atoms with E-state index in [0.717, 1.165) is 19.4 Å². The summed E-state index contributed by atoms with van der Waals surface area (Å²) < 4.78 is 0. The van der Waals surface area contributed by atoms with E-state index < -0.39 is 0 Å². The van der Waals surface area contributed by atoms with E-state index in [0.29, 0.717) is 0 Å². The zero-order chi connectivity index (χ0) is 9.19. The van der Waals surface area contributed by atoms with Gasteiger partial charge in [-0.1, -0.05) is 26.8 Å². The molecule has 2 nitrogen and oxygen atoms in total. The zero-order valence-corrected chi connectivity index (χ0v) is 8.13. The van der Waals surface area contributed by atoms with E-state index in [9.17, 15) is 4.79 Å². The predicted molar refractivity (Wildman–Crippen MR) is 49.5 cm³/mol. The molecule has 0 saturated carbocycles. The van der Waals surface area contributed by atoms with Gasteiger partial charge in [0.1, 0.15) is 0 Å². The van der Waals surface area contributed by atoms with Crippen molar-refractivity contribution in [1.29, 1.82) is 0 Å². The topological polar surface area (TPSA) is 20.3 Å². The summed E-state index contributed by atoms with van der Waals surface area (Å²) in [5, 5.41) is 0. The molecule has 0 fully saturated rings. The Bertz CT molecular complexity index is 200. The highest BCUT2D eigenvalue weighted by Crippen LogP contribution is 2.19. The average molecular weight is 167 g/mol. The summed E-state index contributed by atoms with van der Waals surface area (Å²) in [6, 6.07) is 0. The highest BCUT2D eigenvalue weighted by Gasteiger charge is 2.26. The third-order valence-electron chi connectivity index (χ3n) is 1.96. The molecule has 0 radical (unpaired) electrons. The van der Waals surface area contributed by atoms with Gasteiger partial charge in [-0.3, -0.25) is 4.79 Å². The Hall–Kier alpha value is -0.790. The van der Waals surface area contributed by atoms with Gasteiger partial charge in [0, 0.05) is 18.2 Å². The normalized spacial score (nSPS) is 18.1. The molecule has 0 atom stereocenters. The minimum absolute atomic E-state index is 0.221. The van der Waals surface area contributed by atoms with Crippen molar-refractivity contribution in [2.45, 2.75) is 33.6 Å². The van der Waals surface area contributed by atoms with Gasteiger partial charge in [0.25, 0.3) is 0 Å². The van der Waals surface area contributed by atoms with Crippen LogP contribution in [-0.4, -0.2) is 17.4 Å². The van der Waals surface area contributed by atoms with Crippen molar-refractivity contribution in [2.24, 2.45) is 5.41 Å². The van der Waals surface area contributed by atoms with Gasteiger partial charge in [-0.25, -0.2) is 0 Å². The lowest BCUT2D eigenvalue weighted by atomic mass is 9.94. The number of allylic oxidation sites excluding steroid dienone is 1. The van der Waals surface area contributed by atoms with Crippen LogP contribution in [0.5, 0.6) is 0 Å². The summed E-state index contributed by atoms with van der Waals surface area (Å²) in [7, 11) is 0. The fraction of sp³-hybridized carbons (Fsp3) is 0.700. The number of nitrogens with zero attached hydrogens (tertiary/aromatic N) is 1. The van der Waals surface area contributed by atoms with Crippen LogP contribution >= 0.6 is 0 Å². The van der Waals surface area contributed by atoms with Crippen LogP contribution in [0.2, 0.25) is 0 Å². The van der Waals surface area contributed by atoms with E-state index in [-0.39, 0.29) is 11.3 Å². The second-order valence-electron chi connectivity index (χ2n) is 4.28. The lowest BCUT2D eigenvalue weighted by Crippen LogP contribution is -2.37. The third kappa shape index (κ3) is 2.10. The minimum Gasteiger partial charge on any atom is -0.319 e. The number of carbonyl (C=O) groups excluding carboxylic acids is 1. The molecule has 0 spiro atoms. The summed E-state index contributed by atoms with van der Waals surface area (Å²) in [5.74, 6) is 0.221. The van der Waals surface area contributed by atoms with Crippen molar-refractivity contribution in [3.8, 4) is 0 Å². The van der Waals surface area contributed by atoms with Gasteiger partial charge in [0.05, 0.1) is 0 Å². The highest BCUT2D eigenvalue weighted by molar-refractivity contribution is 5.82. The molecule has 0 aromatic rings. The molecule has 1 heterocycles. The first kappa shape index (κ1) is 9.30. The lowest BCUT2D eigenvalue weighted by Gasteiger charge is -2.28. The van der Waals surface area contributed by atoms with Gasteiger partial charge < -0.3 is 4.90 Å². The van der Waals surface area contributed by atoms with Crippen molar-refractivity contribution < 1.29 is 4.79 Å². The van der Waals surface area contributed by atoms with Crippen LogP contribution in [0.15, 0.2) is 12.3 Å². The van der Waals surface area contributed by atoms with Gasteiger partial charge in [0.2, 0.25) is 5.91 Å². The average Bonchev–Trinajstić information content (AvgIpc) is 2.03. The van der Waals surface area contributed by atoms with Crippen LogP contribution < -0.4 is 0 Å². The van der Waals surface area contributed by atoms with Crippen molar-refractivity contribution >= 4 is 5.91 Å². The molecular formula is C10H17NO. The van der Waals surface area contributed by atoms with Crippen molar-refractivity contribution in [2.75, 3.05) is 6.54 Å². The smallest absolute Gasteiger partial charge is 0.231 e. The van der Waals surface area contributed by atoms with E-state index in [1.165, 1.54) is 0 Å². The van der Waals surface area contributed by atoms with Gasteiger partial charge in [-0.2, -0.15) is 0 Å². The van der Waals surface area contributed by atoms with Crippen molar-refractivity contribution in [1.82, 2.24) is 4.90 Å². The van der Waals surface area contributed by atoms with Crippen LogP contribution in [0.4, 0.5) is 0 Å². The molecule has 1 aliphatic rings. The molecule has 0 unspecified atom stereocenters. The Morgan fingerprint density at radius 3 is 2.50 bits per heavy atom. The lowest BCUT2D eigenvalue weighted by molar-refractivity contribution is -0.136. The Morgan fingerprint density at radius 2 is 2.08 bits per heavy atom. The Kier molecular flexibility index (Phi) is 2.55. The van der Waals surface area contributed by atoms with Crippen LogP contribution in [0.3, 0.4) is 0 Å². The van der Waals surface area contributed by atoms with Crippen LogP contribution in [0.25, 0.3) is 0 Å². The number of amides is 1. The monoisotopic (exact) mass is 167 g/mol. The molecule has 0 aromatic carbocycles. The Morgan fingerprint density at radius 1 is 1.42 bits per heavy atom. The van der Waals surface area contributed by atoms with Crippen molar-refractivity contribution in [3.05, 3.63) is 12.3 Å². The molecule has 0 aromatic heterocycles. The maximum Gasteiger partial charge on any atom is 0.231 e. The quantitative estimate of drug-likeness (QED) is 0.541. The molecule has 68 valence electrons. The molecule has 1 aliphatic heterocycles. The second kappa shape index (κ2) is 3.30. The molecular weight excluding hydrogens is 150 g/mol. The van der Waals surface area contributed by atoms with Gasteiger partial charge >= 0.3 is 0 Å². The summed E-state index contributed by atoms with van der Waals surface area (Å²) >= 11 is 0. The molecule has 0 aliphatic carbocycles. The molecule has 0 bridgehead atoms. The number of rotatable bonds is 0. The zero-order valence-electron chi connectivity index (χ0n) is 8.13. The summed E-state index contributed by atoms with van der Waals surface area (Å²) in [4.78, 5) is 13.5. The van der Waals surface area contributed by atoms with Gasteiger partial charge in [-0.05, 0) is 12.8 Å². The SMILES string of the molecule is CC(C)(C)C(=O)N1C=CCCC1. The molecule has 0 saturated heterocycles. The molecule has 1 rings (SSSR count). The van der Waals surface area contributed by atoms with E-state index >= 15 is 0 Å². The van der Waals surface area contributed by atoms with Crippen LogP contribution in [-0.2, 0) is 4.79 Å². The van der Waals surface area contributed by atoms with E-state index in [1.54, 1.807) is 0 Å². The molecule has 12 heavy (non-hydrogen) atoms. The first-order chi connectivity index (χ1) is 5.52. The molecule has 1 amide bonds. The summed E-state index contributed by atoms with van der Waals surface area (Å²) in [6.07, 6.45) is 6.18. The maximum atomic E-state index is 11.7. The Balaban J connectivity index is 2.64. The number of hydrogen-bond donors (Lipinski definition) is 0. The largest absolute Gasteiger partial charge is 0.319 e. The molecule has 0 N–H and O–H groups in total. The number of carbonyl (C=O) groups is 1. The minimum atomic E-state index is -0.248. The first-order valence-corrected chi connectivity index (χ1v) is 4.49. The Labute approximate surface area is 74.2 Å². The van der Waals surface area contributed by atoms with E-state index in [1.807, 2.05) is 31.9 Å². The first-order valence-electron chi connectivity index (χ1n) is 4.49. The number of hydrogen-bond acceptors (Lipinski definition) is 1. The van der Waals surface area contributed by atoms with Gasteiger partial charge in [-0.15, -0.1) is 0 Å².